The average molecular weight is 398 g/mol. The third-order valence-electron chi connectivity index (χ3n) is 7.09. The molecule has 0 bridgehead atoms. The van der Waals surface area contributed by atoms with Crippen LogP contribution in [0.2, 0.25) is 0 Å². The number of rotatable bonds is 3. The van der Waals surface area contributed by atoms with Crippen molar-refractivity contribution in [1.82, 2.24) is 4.98 Å². The molecule has 0 saturated heterocycles. The molecular formula is C28H31NO. The Balaban J connectivity index is 1.60. The van der Waals surface area contributed by atoms with Gasteiger partial charge in [0.1, 0.15) is 5.58 Å². The van der Waals surface area contributed by atoms with Crippen LogP contribution in [0.3, 0.4) is 0 Å². The quantitative estimate of drug-likeness (QED) is 0.346. The molecule has 0 spiro atoms. The van der Waals surface area contributed by atoms with Crippen LogP contribution in [0.15, 0.2) is 59.3 Å². The lowest BCUT2D eigenvalue weighted by Gasteiger charge is -2.34. The maximum absolute atomic E-state index is 5.89. The van der Waals surface area contributed by atoms with E-state index in [1.807, 2.05) is 6.20 Å². The molecule has 0 atom stereocenters. The topological polar surface area (TPSA) is 26.0 Å². The van der Waals surface area contributed by atoms with Crippen LogP contribution in [0.4, 0.5) is 0 Å². The molecule has 154 valence electrons. The van der Waals surface area contributed by atoms with Gasteiger partial charge in [-0.2, -0.15) is 0 Å². The first-order valence-corrected chi connectivity index (χ1v) is 11.3. The monoisotopic (exact) mass is 397 g/mol. The molecule has 0 N–H and O–H groups in total. The summed E-state index contributed by atoms with van der Waals surface area (Å²) in [6.45, 7) is 9.28. The Morgan fingerprint density at radius 2 is 1.77 bits per heavy atom. The molecule has 1 fully saturated rings. The second kappa shape index (κ2) is 7.27. The van der Waals surface area contributed by atoms with Crippen LogP contribution in [0.5, 0.6) is 0 Å². The zero-order valence-electron chi connectivity index (χ0n) is 18.5. The van der Waals surface area contributed by atoms with Gasteiger partial charge >= 0.3 is 0 Å². The summed E-state index contributed by atoms with van der Waals surface area (Å²) in [5.74, 6) is 1.14. The highest BCUT2D eigenvalue weighted by Crippen LogP contribution is 2.43. The number of benzene rings is 2. The highest BCUT2D eigenvalue weighted by molar-refractivity contribution is 6.02. The normalized spacial score (nSPS) is 17.2. The zero-order chi connectivity index (χ0) is 20.9. The Labute approximate surface area is 179 Å². The molecule has 2 heterocycles. The van der Waals surface area contributed by atoms with Crippen molar-refractivity contribution in [2.24, 2.45) is 5.41 Å². The van der Waals surface area contributed by atoms with E-state index in [-0.39, 0.29) is 0 Å². The van der Waals surface area contributed by atoms with E-state index in [1.165, 1.54) is 47.6 Å². The molecule has 2 aromatic carbocycles. The summed E-state index contributed by atoms with van der Waals surface area (Å²) >= 11 is 0. The van der Waals surface area contributed by atoms with Crippen molar-refractivity contribution in [3.8, 4) is 11.3 Å². The van der Waals surface area contributed by atoms with Crippen molar-refractivity contribution < 1.29 is 4.42 Å². The fourth-order valence-corrected chi connectivity index (χ4v) is 5.01. The van der Waals surface area contributed by atoms with Crippen LogP contribution in [-0.4, -0.2) is 4.98 Å². The molecule has 0 radical (unpaired) electrons. The van der Waals surface area contributed by atoms with Crippen molar-refractivity contribution in [2.45, 2.75) is 65.2 Å². The molecule has 5 rings (SSSR count). The van der Waals surface area contributed by atoms with Crippen LogP contribution >= 0.6 is 0 Å². The number of pyridine rings is 1. The number of nitrogens with zero attached hydrogens (tertiary/aromatic N) is 1. The van der Waals surface area contributed by atoms with Crippen LogP contribution in [-0.2, 0) is 0 Å². The van der Waals surface area contributed by atoms with Gasteiger partial charge in [-0.1, -0.05) is 45.9 Å². The van der Waals surface area contributed by atoms with Gasteiger partial charge in [0.2, 0.25) is 0 Å². The summed E-state index contributed by atoms with van der Waals surface area (Å²) in [6.07, 6.45) is 8.94. The zero-order valence-corrected chi connectivity index (χ0v) is 18.5. The third kappa shape index (κ3) is 3.43. The molecule has 2 aromatic heterocycles. The van der Waals surface area contributed by atoms with Gasteiger partial charge in [-0.15, -0.1) is 0 Å². The van der Waals surface area contributed by atoms with Crippen LogP contribution in [0, 0.1) is 5.41 Å². The highest BCUT2D eigenvalue weighted by atomic mass is 16.3. The van der Waals surface area contributed by atoms with Crippen LogP contribution < -0.4 is 0 Å². The van der Waals surface area contributed by atoms with Crippen LogP contribution in [0.25, 0.3) is 33.0 Å². The van der Waals surface area contributed by atoms with Gasteiger partial charge in [0.25, 0.3) is 0 Å². The summed E-state index contributed by atoms with van der Waals surface area (Å²) in [6, 6.07) is 15.7. The Hall–Kier alpha value is -2.61. The standard InChI is InChI=1S/C28H31NO/c1-18(2)23-16-22-10-14-30-27(22)25(17-23)26-24-6-5-20(15-21(24)9-13-29-26)19-7-11-28(3,4)12-8-19/h5-6,9-10,13-19H,7-8,11-12H2,1-4H3. The van der Waals surface area contributed by atoms with Crippen molar-refractivity contribution >= 4 is 21.7 Å². The number of fused-ring (bicyclic) bond motifs is 2. The number of furan rings is 1. The van der Waals surface area contributed by atoms with Crippen molar-refractivity contribution in [3.63, 3.8) is 0 Å². The maximum Gasteiger partial charge on any atom is 0.143 e. The lowest BCUT2D eigenvalue weighted by molar-refractivity contribution is 0.224. The van der Waals surface area contributed by atoms with Gasteiger partial charge in [0, 0.05) is 22.5 Å². The lowest BCUT2D eigenvalue weighted by Crippen LogP contribution is -2.20. The van der Waals surface area contributed by atoms with E-state index in [2.05, 4.69) is 70.2 Å². The fourth-order valence-electron chi connectivity index (χ4n) is 5.01. The van der Waals surface area contributed by atoms with Gasteiger partial charge in [-0.25, -0.2) is 0 Å². The van der Waals surface area contributed by atoms with E-state index in [1.54, 1.807) is 6.26 Å². The minimum absolute atomic E-state index is 0.459. The van der Waals surface area contributed by atoms with Crippen molar-refractivity contribution in [1.29, 1.82) is 0 Å². The average Bonchev–Trinajstić information content (AvgIpc) is 3.21. The molecule has 4 aromatic rings. The minimum Gasteiger partial charge on any atom is -0.464 e. The third-order valence-corrected chi connectivity index (χ3v) is 7.09. The van der Waals surface area contributed by atoms with E-state index in [0.29, 0.717) is 17.3 Å². The molecule has 1 aliphatic rings. The predicted molar refractivity (Wildman–Crippen MR) is 126 cm³/mol. The summed E-state index contributed by atoms with van der Waals surface area (Å²) in [5.41, 5.74) is 6.34. The molecular weight excluding hydrogens is 366 g/mol. The van der Waals surface area contributed by atoms with E-state index in [4.69, 9.17) is 9.40 Å². The Morgan fingerprint density at radius 1 is 0.967 bits per heavy atom. The van der Waals surface area contributed by atoms with E-state index < -0.39 is 0 Å². The van der Waals surface area contributed by atoms with Gasteiger partial charge in [0.15, 0.2) is 0 Å². The molecule has 30 heavy (non-hydrogen) atoms. The molecule has 1 saturated carbocycles. The van der Waals surface area contributed by atoms with E-state index >= 15 is 0 Å². The highest BCUT2D eigenvalue weighted by Gasteiger charge is 2.27. The summed E-state index contributed by atoms with van der Waals surface area (Å²) in [7, 11) is 0. The Kier molecular flexibility index (Phi) is 4.69. The van der Waals surface area contributed by atoms with Gasteiger partial charge in [-0.05, 0) is 83.7 Å². The van der Waals surface area contributed by atoms with Crippen molar-refractivity contribution in [3.05, 3.63) is 66.1 Å². The first-order valence-electron chi connectivity index (χ1n) is 11.3. The molecule has 0 amide bonds. The van der Waals surface area contributed by atoms with Crippen LogP contribution in [0.1, 0.15) is 76.3 Å². The smallest absolute Gasteiger partial charge is 0.143 e. The first kappa shape index (κ1) is 19.4. The number of hydrogen-bond acceptors (Lipinski definition) is 2. The molecule has 2 heteroatoms. The van der Waals surface area contributed by atoms with Gasteiger partial charge < -0.3 is 4.42 Å². The SMILES string of the molecule is CC(C)c1cc(-c2nccc3cc(C4CCC(C)(C)CC4)ccc23)c2occc2c1. The maximum atomic E-state index is 5.89. The lowest BCUT2D eigenvalue weighted by atomic mass is 9.71. The molecule has 1 aliphatic carbocycles. The number of aromatic nitrogens is 1. The number of hydrogen-bond donors (Lipinski definition) is 0. The molecule has 0 aliphatic heterocycles. The Morgan fingerprint density at radius 3 is 2.53 bits per heavy atom. The Bertz CT molecular complexity index is 1200. The minimum atomic E-state index is 0.459. The second-order valence-corrected chi connectivity index (χ2v) is 10.1. The summed E-state index contributed by atoms with van der Waals surface area (Å²) < 4.78 is 5.89. The fraction of sp³-hybridized carbons (Fsp3) is 0.393. The van der Waals surface area contributed by atoms with Gasteiger partial charge in [-0.3, -0.25) is 4.98 Å². The summed E-state index contributed by atoms with van der Waals surface area (Å²) in [5, 5.41) is 3.63. The first-order chi connectivity index (χ1) is 14.4. The molecule has 0 unspecified atom stereocenters. The van der Waals surface area contributed by atoms with E-state index in [9.17, 15) is 0 Å². The van der Waals surface area contributed by atoms with E-state index in [0.717, 1.165) is 22.2 Å². The summed E-state index contributed by atoms with van der Waals surface area (Å²) in [4.78, 5) is 4.81. The molecule has 2 nitrogen and oxygen atoms in total. The van der Waals surface area contributed by atoms with Crippen molar-refractivity contribution in [2.75, 3.05) is 0 Å². The largest absolute Gasteiger partial charge is 0.464 e. The van der Waals surface area contributed by atoms with Gasteiger partial charge in [0.05, 0.1) is 12.0 Å². The second-order valence-electron chi connectivity index (χ2n) is 10.1. The predicted octanol–water partition coefficient (Wildman–Crippen LogP) is 8.46.